The average molecular weight is 365 g/mol. The second-order valence-corrected chi connectivity index (χ2v) is 6.39. The highest BCUT2D eigenvalue weighted by Crippen LogP contribution is 2.24. The summed E-state index contributed by atoms with van der Waals surface area (Å²) in [6, 6.07) is 11.8. The predicted molar refractivity (Wildman–Crippen MR) is 98.6 cm³/mol. The van der Waals surface area contributed by atoms with E-state index < -0.39 is 5.60 Å². The molecule has 0 radical (unpaired) electrons. The minimum Gasteiger partial charge on any atom is -0.387 e. The number of carbonyl (C=O) groups excluding carboxylic acids is 1. The maximum atomic E-state index is 13.9. The van der Waals surface area contributed by atoms with Crippen molar-refractivity contribution in [1.82, 2.24) is 10.6 Å². The van der Waals surface area contributed by atoms with E-state index in [1.54, 1.807) is 36.4 Å². The lowest BCUT2D eigenvalue weighted by Crippen LogP contribution is -2.44. The maximum Gasteiger partial charge on any atom is 0.251 e. The summed E-state index contributed by atoms with van der Waals surface area (Å²) in [6.45, 7) is 3.36. The maximum absolute atomic E-state index is 13.9. The van der Waals surface area contributed by atoms with Gasteiger partial charge in [-0.2, -0.15) is 0 Å². The highest BCUT2D eigenvalue weighted by molar-refractivity contribution is 5.94. The van der Waals surface area contributed by atoms with Gasteiger partial charge in [0.25, 0.3) is 5.91 Å². The van der Waals surface area contributed by atoms with Gasteiger partial charge in [0, 0.05) is 24.2 Å². The third-order valence-corrected chi connectivity index (χ3v) is 4.38. The third kappa shape index (κ3) is 4.57. The van der Waals surface area contributed by atoms with E-state index in [1.165, 1.54) is 6.07 Å². The van der Waals surface area contributed by atoms with E-state index in [0.717, 1.165) is 17.7 Å². The van der Waals surface area contributed by atoms with Crippen LogP contribution in [0.1, 0.15) is 22.3 Å². The number of hydrogen-bond donors (Lipinski definition) is 3. The lowest BCUT2D eigenvalue weighted by molar-refractivity contribution is 0.0562. The molecular formula is C19H22ClFN2O2. The molecule has 1 aliphatic rings. The summed E-state index contributed by atoms with van der Waals surface area (Å²) in [4.78, 5) is 12.2. The molecule has 0 saturated carbocycles. The summed E-state index contributed by atoms with van der Waals surface area (Å²) in [5.74, 6) is -0.527. The first kappa shape index (κ1) is 19.4. The Hall–Kier alpha value is -1.95. The van der Waals surface area contributed by atoms with Gasteiger partial charge in [0.15, 0.2) is 0 Å². The standard InChI is InChI=1S/C19H21FN2O2.ClH/c1-13-2-7-17(20)16(10-13)14-3-5-15(6-4-14)18(23)22-12-19(24)8-9-21-11-19;/h2-7,10,21,24H,8-9,11-12H2,1H3,(H,22,23);1H. The predicted octanol–water partition coefficient (Wildman–Crippen LogP) is 2.68. The monoisotopic (exact) mass is 364 g/mol. The van der Waals surface area contributed by atoms with Gasteiger partial charge in [-0.05, 0) is 49.7 Å². The van der Waals surface area contributed by atoms with E-state index >= 15 is 0 Å². The second-order valence-electron chi connectivity index (χ2n) is 6.39. The van der Waals surface area contributed by atoms with Crippen LogP contribution in [0.3, 0.4) is 0 Å². The van der Waals surface area contributed by atoms with Crippen LogP contribution in [0.2, 0.25) is 0 Å². The fraction of sp³-hybridized carbons (Fsp3) is 0.316. The molecule has 1 amide bonds. The molecule has 1 heterocycles. The Morgan fingerprint density at radius 3 is 2.64 bits per heavy atom. The van der Waals surface area contributed by atoms with Crippen LogP contribution < -0.4 is 10.6 Å². The zero-order valence-corrected chi connectivity index (χ0v) is 14.8. The molecule has 1 saturated heterocycles. The minimum absolute atomic E-state index is 0. The van der Waals surface area contributed by atoms with E-state index in [4.69, 9.17) is 0 Å². The lowest BCUT2D eigenvalue weighted by Gasteiger charge is -2.21. The van der Waals surface area contributed by atoms with Crippen molar-refractivity contribution in [2.24, 2.45) is 0 Å². The Balaban J connectivity index is 0.00000225. The quantitative estimate of drug-likeness (QED) is 0.781. The van der Waals surface area contributed by atoms with Crippen molar-refractivity contribution in [2.45, 2.75) is 18.9 Å². The Kier molecular flexibility index (Phi) is 6.16. The number of nitrogens with one attached hydrogen (secondary N) is 2. The number of aliphatic hydroxyl groups is 1. The van der Waals surface area contributed by atoms with Crippen LogP contribution in [0.5, 0.6) is 0 Å². The highest BCUT2D eigenvalue weighted by atomic mass is 35.5. The van der Waals surface area contributed by atoms with Crippen LogP contribution in [0.4, 0.5) is 4.39 Å². The molecule has 134 valence electrons. The van der Waals surface area contributed by atoms with Crippen LogP contribution in [0.15, 0.2) is 42.5 Å². The first-order valence-electron chi connectivity index (χ1n) is 8.05. The molecule has 1 unspecified atom stereocenters. The molecule has 0 bridgehead atoms. The topological polar surface area (TPSA) is 61.4 Å². The highest BCUT2D eigenvalue weighted by Gasteiger charge is 2.31. The lowest BCUT2D eigenvalue weighted by atomic mass is 10.0. The zero-order valence-electron chi connectivity index (χ0n) is 14.0. The van der Waals surface area contributed by atoms with Crippen LogP contribution in [-0.4, -0.2) is 36.2 Å². The van der Waals surface area contributed by atoms with Crippen LogP contribution in [0, 0.1) is 12.7 Å². The van der Waals surface area contributed by atoms with Gasteiger partial charge in [-0.3, -0.25) is 4.79 Å². The Morgan fingerprint density at radius 2 is 2.00 bits per heavy atom. The van der Waals surface area contributed by atoms with Crippen LogP contribution in [-0.2, 0) is 0 Å². The average Bonchev–Trinajstić information content (AvgIpc) is 3.02. The second kappa shape index (κ2) is 7.95. The number of carbonyl (C=O) groups is 1. The SMILES string of the molecule is Cc1ccc(F)c(-c2ccc(C(=O)NCC3(O)CCNC3)cc2)c1.Cl. The molecule has 6 heteroatoms. The molecular weight excluding hydrogens is 343 g/mol. The number of rotatable bonds is 4. The molecule has 2 aromatic carbocycles. The first-order chi connectivity index (χ1) is 11.5. The molecule has 0 aromatic heterocycles. The molecule has 1 fully saturated rings. The number of amides is 1. The van der Waals surface area contributed by atoms with E-state index in [9.17, 15) is 14.3 Å². The van der Waals surface area contributed by atoms with Gasteiger partial charge in [-0.25, -0.2) is 4.39 Å². The van der Waals surface area contributed by atoms with Gasteiger partial charge < -0.3 is 15.7 Å². The van der Waals surface area contributed by atoms with Crippen molar-refractivity contribution >= 4 is 18.3 Å². The number of hydrogen-bond acceptors (Lipinski definition) is 3. The van der Waals surface area contributed by atoms with E-state index in [-0.39, 0.29) is 30.7 Å². The van der Waals surface area contributed by atoms with E-state index in [0.29, 0.717) is 24.1 Å². The van der Waals surface area contributed by atoms with Gasteiger partial charge in [0.05, 0.1) is 5.60 Å². The fourth-order valence-corrected chi connectivity index (χ4v) is 2.89. The summed E-state index contributed by atoms with van der Waals surface area (Å²) < 4.78 is 13.9. The molecule has 1 atom stereocenters. The molecule has 25 heavy (non-hydrogen) atoms. The Morgan fingerprint density at radius 1 is 1.28 bits per heavy atom. The Labute approximate surface area is 152 Å². The summed E-state index contributed by atoms with van der Waals surface area (Å²) >= 11 is 0. The summed E-state index contributed by atoms with van der Waals surface area (Å²) in [7, 11) is 0. The summed E-state index contributed by atoms with van der Waals surface area (Å²) in [5, 5.41) is 16.1. The van der Waals surface area contributed by atoms with Crippen molar-refractivity contribution < 1.29 is 14.3 Å². The summed E-state index contributed by atoms with van der Waals surface area (Å²) in [6.07, 6.45) is 0.624. The molecule has 2 aromatic rings. The molecule has 1 aliphatic heterocycles. The molecule has 0 aliphatic carbocycles. The van der Waals surface area contributed by atoms with Crippen molar-refractivity contribution in [3.8, 4) is 11.1 Å². The van der Waals surface area contributed by atoms with Crippen molar-refractivity contribution in [3.63, 3.8) is 0 Å². The molecule has 0 spiro atoms. The van der Waals surface area contributed by atoms with E-state index in [2.05, 4.69) is 10.6 Å². The van der Waals surface area contributed by atoms with E-state index in [1.807, 2.05) is 6.92 Å². The Bertz CT molecular complexity index is 744. The number of benzene rings is 2. The molecule has 4 nitrogen and oxygen atoms in total. The smallest absolute Gasteiger partial charge is 0.251 e. The number of aryl methyl sites for hydroxylation is 1. The van der Waals surface area contributed by atoms with Crippen LogP contribution in [0.25, 0.3) is 11.1 Å². The van der Waals surface area contributed by atoms with Gasteiger partial charge in [0.1, 0.15) is 5.82 Å². The largest absolute Gasteiger partial charge is 0.387 e. The van der Waals surface area contributed by atoms with Crippen molar-refractivity contribution in [3.05, 3.63) is 59.4 Å². The first-order valence-corrected chi connectivity index (χ1v) is 8.05. The normalized spacial score (nSPS) is 19.3. The minimum atomic E-state index is -0.875. The van der Waals surface area contributed by atoms with Gasteiger partial charge in [-0.15, -0.1) is 12.4 Å². The van der Waals surface area contributed by atoms with Crippen LogP contribution >= 0.6 is 12.4 Å². The van der Waals surface area contributed by atoms with Crippen molar-refractivity contribution in [2.75, 3.05) is 19.6 Å². The van der Waals surface area contributed by atoms with Gasteiger partial charge in [-0.1, -0.05) is 23.8 Å². The van der Waals surface area contributed by atoms with Crippen molar-refractivity contribution in [1.29, 1.82) is 0 Å². The summed E-state index contributed by atoms with van der Waals surface area (Å²) in [5.41, 5.74) is 1.84. The number of β-amino-alcohol motifs (C(OH)–C–C–N with tert-alkyl or cyclic N) is 1. The zero-order chi connectivity index (χ0) is 17.2. The molecule has 3 N–H and O–H groups in total. The fourth-order valence-electron chi connectivity index (χ4n) is 2.89. The van der Waals surface area contributed by atoms with Gasteiger partial charge in [0.2, 0.25) is 0 Å². The molecule has 3 rings (SSSR count). The third-order valence-electron chi connectivity index (χ3n) is 4.38. The van der Waals surface area contributed by atoms with Gasteiger partial charge >= 0.3 is 0 Å². The number of halogens is 2.